The lowest BCUT2D eigenvalue weighted by atomic mass is 9.59. The van der Waals surface area contributed by atoms with Crippen molar-refractivity contribution in [3.05, 3.63) is 0 Å². The maximum Gasteiger partial charge on any atom is 0.317 e. The van der Waals surface area contributed by atoms with Crippen LogP contribution < -0.4 is 0 Å². The first kappa shape index (κ1) is 14.1. The quantitative estimate of drug-likeness (QED) is 0.291. The lowest BCUT2D eigenvalue weighted by Crippen LogP contribution is -2.61. The summed E-state index contributed by atoms with van der Waals surface area (Å²) in [6.45, 7) is 0. The minimum atomic E-state index is -4.64. The minimum Gasteiger partial charge on any atom is -0.772 e. The van der Waals surface area contributed by atoms with Gasteiger partial charge in [-0.2, -0.15) is 8.42 Å². The lowest BCUT2D eigenvalue weighted by molar-refractivity contribution is -0.154. The molecule has 0 radical (unpaired) electrons. The Balaban J connectivity index is 2.13. The van der Waals surface area contributed by atoms with E-state index in [0.29, 0.717) is 6.42 Å². The molecule has 0 spiro atoms. The molecule has 7 atom stereocenters. The van der Waals surface area contributed by atoms with Crippen LogP contribution in [0.15, 0.2) is 0 Å². The molecule has 3 aliphatic carbocycles. The van der Waals surface area contributed by atoms with Crippen molar-refractivity contribution in [2.45, 2.75) is 23.3 Å². The Bertz CT molecular complexity index is 611. The normalized spacial score (nSPS) is 45.1. The number of esters is 2. The fourth-order valence-electron chi connectivity index (χ4n) is 4.02. The van der Waals surface area contributed by atoms with E-state index < -0.39 is 67.3 Å². The van der Waals surface area contributed by atoms with Gasteiger partial charge in [-0.15, -0.1) is 0 Å². The van der Waals surface area contributed by atoms with Gasteiger partial charge < -0.3 is 9.29 Å². The Morgan fingerprint density at radius 3 is 2.15 bits per heavy atom. The molecule has 4 fully saturated rings. The van der Waals surface area contributed by atoms with Gasteiger partial charge >= 0.3 is 11.9 Å². The van der Waals surface area contributed by atoms with Gasteiger partial charge in [-0.05, 0) is 24.7 Å². The first-order chi connectivity index (χ1) is 9.23. The zero-order valence-corrected chi connectivity index (χ0v) is 11.6. The summed E-state index contributed by atoms with van der Waals surface area (Å²) in [5.74, 6) is -5.20. The summed E-state index contributed by atoms with van der Waals surface area (Å²) in [7, 11) is -4.64. The maximum atomic E-state index is 11.7. The Kier molecular flexibility index (Phi) is 3.05. The second kappa shape index (κ2) is 4.33. The summed E-state index contributed by atoms with van der Waals surface area (Å²) in [5, 5.41) is -2.96. The van der Waals surface area contributed by atoms with Crippen LogP contribution >= 0.6 is 0 Å². The first-order valence-corrected chi connectivity index (χ1v) is 8.67. The van der Waals surface area contributed by atoms with Gasteiger partial charge in [0.2, 0.25) is 0 Å². The van der Waals surface area contributed by atoms with Crippen LogP contribution in [0.4, 0.5) is 0 Å². The van der Waals surface area contributed by atoms with Crippen LogP contribution in [0.1, 0.15) is 12.8 Å². The molecule has 8 nitrogen and oxygen atoms in total. The zero-order chi connectivity index (χ0) is 14.8. The third-order valence-electron chi connectivity index (χ3n) is 4.62. The summed E-state index contributed by atoms with van der Waals surface area (Å²) in [4.78, 5) is 23.4. The van der Waals surface area contributed by atoms with E-state index in [0.717, 1.165) is 0 Å². The average Bonchev–Trinajstić information content (AvgIpc) is 2.65. The van der Waals surface area contributed by atoms with Gasteiger partial charge in [0, 0.05) is 5.25 Å². The summed E-state index contributed by atoms with van der Waals surface area (Å²) >= 11 is -2.77. The van der Waals surface area contributed by atoms with Gasteiger partial charge in [-0.1, -0.05) is 11.1 Å². The van der Waals surface area contributed by atoms with E-state index in [1.54, 1.807) is 0 Å². The van der Waals surface area contributed by atoms with Crippen LogP contribution in [-0.2, 0) is 35.5 Å². The molecular weight excluding hydrogens is 312 g/mol. The van der Waals surface area contributed by atoms with Gasteiger partial charge in [0.15, 0.2) is 0 Å². The Morgan fingerprint density at radius 2 is 1.65 bits per heavy atom. The molecule has 4 rings (SSSR count). The highest BCUT2D eigenvalue weighted by atomic mass is 32.2. The van der Waals surface area contributed by atoms with Crippen LogP contribution in [0.3, 0.4) is 0 Å². The number of hydrogen-bond acceptors (Lipinski definition) is 7. The highest BCUT2D eigenvalue weighted by molar-refractivity contribution is 7.88. The SMILES string of the molecule is O=C1OC(=O)C2C3CCC(C12)C(S(=O)[O-])C3S(=O)(=O)O. The molecule has 0 amide bonds. The Morgan fingerprint density at radius 1 is 1.15 bits per heavy atom. The molecule has 7 unspecified atom stereocenters. The van der Waals surface area contributed by atoms with Crippen molar-refractivity contribution in [3.63, 3.8) is 0 Å². The van der Waals surface area contributed by atoms with Gasteiger partial charge in [0.1, 0.15) is 5.25 Å². The van der Waals surface area contributed by atoms with Crippen LogP contribution in [0.5, 0.6) is 0 Å². The number of rotatable bonds is 2. The zero-order valence-electron chi connectivity index (χ0n) is 10.00. The van der Waals surface area contributed by atoms with Gasteiger partial charge in [0.25, 0.3) is 10.1 Å². The van der Waals surface area contributed by atoms with Gasteiger partial charge in [-0.25, -0.2) is 0 Å². The van der Waals surface area contributed by atoms with E-state index in [9.17, 15) is 31.3 Å². The first-order valence-electron chi connectivity index (χ1n) is 6.03. The predicted octanol–water partition coefficient (Wildman–Crippen LogP) is -1.15. The molecule has 0 aromatic carbocycles. The van der Waals surface area contributed by atoms with Gasteiger partial charge in [-0.3, -0.25) is 18.4 Å². The van der Waals surface area contributed by atoms with Crippen LogP contribution in [0.25, 0.3) is 0 Å². The molecule has 4 aliphatic rings. The summed E-state index contributed by atoms with van der Waals surface area (Å²) in [5.41, 5.74) is 0. The van der Waals surface area contributed by atoms with Crippen LogP contribution in [-0.4, -0.2) is 44.2 Å². The molecule has 10 heteroatoms. The van der Waals surface area contributed by atoms with Crippen molar-refractivity contribution in [1.82, 2.24) is 0 Å². The fraction of sp³-hybridized carbons (Fsp3) is 0.800. The number of ether oxygens (including phenoxy) is 1. The van der Waals surface area contributed by atoms with Crippen molar-refractivity contribution in [2.24, 2.45) is 23.7 Å². The number of carbonyl (C=O) groups is 2. The van der Waals surface area contributed by atoms with E-state index in [4.69, 9.17) is 0 Å². The van der Waals surface area contributed by atoms with Crippen LogP contribution in [0, 0.1) is 23.7 Å². The van der Waals surface area contributed by atoms with Crippen molar-refractivity contribution < 1.29 is 36.1 Å². The largest absolute Gasteiger partial charge is 0.772 e. The highest BCUT2D eigenvalue weighted by Crippen LogP contribution is 2.55. The second-order valence-corrected chi connectivity index (χ2v) is 8.04. The third-order valence-corrected chi connectivity index (χ3v) is 7.21. The topological polar surface area (TPSA) is 138 Å². The predicted molar refractivity (Wildman–Crippen MR) is 62.3 cm³/mol. The van der Waals surface area contributed by atoms with E-state index in [1.807, 2.05) is 0 Å². The molecule has 0 aromatic heterocycles. The van der Waals surface area contributed by atoms with E-state index in [-0.39, 0.29) is 6.42 Å². The number of fused-ring (bicyclic) bond motifs is 2. The molecule has 0 aromatic rings. The standard InChI is InChI=1S/C10H12O8S2/c11-9-5-3-1-2-4(6(5)10(12)18-9)8(20(15,16)17)7(3)19(13)14/h3-8H,1-2H2,(H,13,14)(H,15,16,17)/p-1. The molecule has 112 valence electrons. The molecule has 3 saturated carbocycles. The summed E-state index contributed by atoms with van der Waals surface area (Å²) in [6, 6.07) is 0. The molecule has 2 bridgehead atoms. The summed E-state index contributed by atoms with van der Waals surface area (Å²) in [6.07, 6.45) is 0.589. The molecule has 1 heterocycles. The molecule has 1 saturated heterocycles. The minimum absolute atomic E-state index is 0.270. The van der Waals surface area contributed by atoms with Crippen molar-refractivity contribution in [1.29, 1.82) is 0 Å². The molecule has 20 heavy (non-hydrogen) atoms. The monoisotopic (exact) mass is 323 g/mol. The second-order valence-electron chi connectivity index (χ2n) is 5.40. The Labute approximate surface area is 116 Å². The Hall–Kier alpha value is -0.840. The van der Waals surface area contributed by atoms with Crippen molar-refractivity contribution in [2.75, 3.05) is 0 Å². The van der Waals surface area contributed by atoms with Crippen molar-refractivity contribution >= 4 is 33.1 Å². The smallest absolute Gasteiger partial charge is 0.317 e. The summed E-state index contributed by atoms with van der Waals surface area (Å²) < 4.78 is 59.6. The number of hydrogen-bond donors (Lipinski definition) is 1. The maximum absolute atomic E-state index is 11.7. The van der Waals surface area contributed by atoms with E-state index >= 15 is 0 Å². The average molecular weight is 323 g/mol. The highest BCUT2D eigenvalue weighted by Gasteiger charge is 2.66. The van der Waals surface area contributed by atoms with E-state index in [2.05, 4.69) is 4.74 Å². The fourth-order valence-corrected chi connectivity index (χ4v) is 7.01. The number of carbonyl (C=O) groups excluding carboxylic acids is 2. The third kappa shape index (κ3) is 1.78. The van der Waals surface area contributed by atoms with Crippen LogP contribution in [0.2, 0.25) is 0 Å². The van der Waals surface area contributed by atoms with Crippen molar-refractivity contribution in [3.8, 4) is 0 Å². The molecule has 1 aliphatic heterocycles. The van der Waals surface area contributed by atoms with E-state index in [1.165, 1.54) is 0 Å². The van der Waals surface area contributed by atoms with Gasteiger partial charge in [0.05, 0.1) is 11.8 Å². The number of cyclic esters (lactones) is 2. The lowest BCUT2D eigenvalue weighted by Gasteiger charge is -2.51. The molecular formula is C10H11O8S2-. The molecule has 1 N–H and O–H groups in total.